The highest BCUT2D eigenvalue weighted by Crippen LogP contribution is 2.38. The topological polar surface area (TPSA) is 182 Å². The molecule has 5 unspecified atom stereocenters. The summed E-state index contributed by atoms with van der Waals surface area (Å²) in [4.78, 5) is 40.4. The standard InChI is InChI=1S/C39H65NO12/c1-11-31-28(20-42)16-21(2)12-13-29(43)22(3)17-27(14-15-41)36(23(4)30(44)18-32(45)50-31)52-38-35(46)34(40(9)10)37(26(7)49-38)51-33-19-39(8,47)24(5)25(6)48-33/h12-13,15-16,22-28,30-31,33-38,42,44,46-47H,11,14,17-20H2,1-10H3/b13-12+,21-16+/t22-,23+,24?,25-,26-,27+,28-,30-,31-,33+,34?,35?,36-,37?,38+,39?/m1/s1. The molecule has 0 amide bonds. The van der Waals surface area contributed by atoms with Crippen LogP contribution in [0.25, 0.3) is 0 Å². The van der Waals surface area contributed by atoms with Crippen LogP contribution < -0.4 is 0 Å². The third-order valence-electron chi connectivity index (χ3n) is 11.5. The number of aliphatic hydroxyl groups is 4. The molecular weight excluding hydrogens is 674 g/mol. The Morgan fingerprint density at radius 3 is 2.27 bits per heavy atom. The molecule has 4 N–H and O–H groups in total. The number of allylic oxidation sites excluding steroid dienone is 3. The molecule has 0 saturated carbocycles. The van der Waals surface area contributed by atoms with Gasteiger partial charge in [-0.25, -0.2) is 0 Å². The number of aldehydes is 1. The van der Waals surface area contributed by atoms with E-state index in [1.807, 2.05) is 20.8 Å². The van der Waals surface area contributed by atoms with Crippen molar-refractivity contribution in [3.05, 3.63) is 23.8 Å². The molecule has 3 aliphatic heterocycles. The maximum Gasteiger partial charge on any atom is 0.308 e. The van der Waals surface area contributed by atoms with Gasteiger partial charge in [0, 0.05) is 36.5 Å². The quantitative estimate of drug-likeness (QED) is 0.200. The summed E-state index contributed by atoms with van der Waals surface area (Å²) in [6.45, 7) is 14.2. The van der Waals surface area contributed by atoms with Crippen molar-refractivity contribution in [1.82, 2.24) is 4.90 Å². The lowest BCUT2D eigenvalue weighted by atomic mass is 9.79. The summed E-state index contributed by atoms with van der Waals surface area (Å²) in [6, 6.07) is -0.657. The van der Waals surface area contributed by atoms with Crippen LogP contribution in [0.2, 0.25) is 0 Å². The molecule has 13 nitrogen and oxygen atoms in total. The van der Waals surface area contributed by atoms with E-state index in [0.29, 0.717) is 12.0 Å². The van der Waals surface area contributed by atoms with Gasteiger partial charge < -0.3 is 53.8 Å². The highest BCUT2D eigenvalue weighted by atomic mass is 16.7. The molecule has 0 aromatic carbocycles. The van der Waals surface area contributed by atoms with Gasteiger partial charge in [0.2, 0.25) is 0 Å². The molecule has 0 aromatic rings. The molecule has 2 saturated heterocycles. The van der Waals surface area contributed by atoms with Crippen LogP contribution in [0.5, 0.6) is 0 Å². The molecule has 2 fully saturated rings. The third-order valence-corrected chi connectivity index (χ3v) is 11.5. The van der Waals surface area contributed by atoms with Crippen LogP contribution in [0.15, 0.2) is 23.8 Å². The lowest BCUT2D eigenvalue weighted by molar-refractivity contribution is -0.338. The summed E-state index contributed by atoms with van der Waals surface area (Å²) in [7, 11) is 3.59. The number of cyclic esters (lactones) is 1. The first-order valence-corrected chi connectivity index (χ1v) is 18.9. The Morgan fingerprint density at radius 2 is 1.69 bits per heavy atom. The number of likely N-dealkylation sites (N-methyl/N-ethyl adjacent to an activating group) is 1. The predicted molar refractivity (Wildman–Crippen MR) is 193 cm³/mol. The van der Waals surface area contributed by atoms with Crippen LogP contribution in [-0.2, 0) is 38.1 Å². The molecule has 3 heterocycles. The Morgan fingerprint density at radius 1 is 1.02 bits per heavy atom. The van der Waals surface area contributed by atoms with Crippen molar-refractivity contribution in [3.8, 4) is 0 Å². The summed E-state index contributed by atoms with van der Waals surface area (Å²) in [5.41, 5.74) is -0.317. The van der Waals surface area contributed by atoms with E-state index >= 15 is 0 Å². The molecule has 0 spiro atoms. The van der Waals surface area contributed by atoms with Crippen molar-refractivity contribution in [2.24, 2.45) is 29.6 Å². The van der Waals surface area contributed by atoms with Crippen molar-refractivity contribution >= 4 is 18.0 Å². The smallest absolute Gasteiger partial charge is 0.308 e. The minimum absolute atomic E-state index is 0.0146. The number of rotatable bonds is 9. The van der Waals surface area contributed by atoms with Crippen LogP contribution in [0.3, 0.4) is 0 Å². The minimum atomic E-state index is -1.28. The van der Waals surface area contributed by atoms with Crippen molar-refractivity contribution in [1.29, 1.82) is 0 Å². The van der Waals surface area contributed by atoms with Gasteiger partial charge in [-0.05, 0) is 66.6 Å². The van der Waals surface area contributed by atoms with Gasteiger partial charge >= 0.3 is 5.97 Å². The lowest BCUT2D eigenvalue weighted by Crippen LogP contribution is -2.65. The van der Waals surface area contributed by atoms with Crippen molar-refractivity contribution in [3.63, 3.8) is 0 Å². The number of hydrogen-bond acceptors (Lipinski definition) is 13. The van der Waals surface area contributed by atoms with Gasteiger partial charge in [0.05, 0.1) is 49.1 Å². The highest BCUT2D eigenvalue weighted by molar-refractivity contribution is 5.91. The highest BCUT2D eigenvalue weighted by Gasteiger charge is 2.51. The lowest BCUT2D eigenvalue weighted by Gasteiger charge is -2.50. The van der Waals surface area contributed by atoms with E-state index in [9.17, 15) is 34.8 Å². The van der Waals surface area contributed by atoms with Crippen molar-refractivity contribution in [2.45, 2.75) is 154 Å². The largest absolute Gasteiger partial charge is 0.462 e. The van der Waals surface area contributed by atoms with Crippen LogP contribution >= 0.6 is 0 Å². The summed E-state index contributed by atoms with van der Waals surface area (Å²) < 4.78 is 31.2. The molecule has 0 radical (unpaired) electrons. The van der Waals surface area contributed by atoms with Gasteiger partial charge in [-0.1, -0.05) is 45.4 Å². The summed E-state index contributed by atoms with van der Waals surface area (Å²) in [6.07, 6.45) is -1.69. The third kappa shape index (κ3) is 11.2. The number of hydrogen-bond donors (Lipinski definition) is 4. The van der Waals surface area contributed by atoms with Crippen LogP contribution in [0, 0.1) is 29.6 Å². The first-order chi connectivity index (χ1) is 24.3. The molecule has 3 aliphatic rings. The van der Waals surface area contributed by atoms with Gasteiger partial charge in [0.25, 0.3) is 0 Å². The van der Waals surface area contributed by atoms with Gasteiger partial charge in [0.15, 0.2) is 18.4 Å². The molecule has 16 atom stereocenters. The molecular formula is C39H65NO12. The number of ketones is 1. The summed E-state index contributed by atoms with van der Waals surface area (Å²) in [5, 5.41) is 44.5. The van der Waals surface area contributed by atoms with E-state index in [-0.39, 0.29) is 50.1 Å². The zero-order valence-corrected chi connectivity index (χ0v) is 32.7. The van der Waals surface area contributed by atoms with Crippen LogP contribution in [-0.4, -0.2) is 131 Å². The van der Waals surface area contributed by atoms with E-state index in [4.69, 9.17) is 23.7 Å². The van der Waals surface area contributed by atoms with Crippen molar-refractivity contribution < 1.29 is 58.5 Å². The first-order valence-electron chi connectivity index (χ1n) is 18.9. The second kappa shape index (κ2) is 19.5. The Balaban J connectivity index is 1.96. The zero-order chi connectivity index (χ0) is 39.1. The van der Waals surface area contributed by atoms with Gasteiger partial charge in [0.1, 0.15) is 24.6 Å². The van der Waals surface area contributed by atoms with E-state index in [0.717, 1.165) is 6.29 Å². The van der Waals surface area contributed by atoms with Crippen molar-refractivity contribution in [2.75, 3.05) is 20.7 Å². The Bertz CT molecular complexity index is 1240. The van der Waals surface area contributed by atoms with E-state index < -0.39 is 90.5 Å². The van der Waals surface area contributed by atoms with Gasteiger partial charge in [-0.15, -0.1) is 0 Å². The number of esters is 1. The van der Waals surface area contributed by atoms with Gasteiger partial charge in [-0.2, -0.15) is 0 Å². The monoisotopic (exact) mass is 739 g/mol. The molecule has 0 aromatic heterocycles. The second-order valence-corrected chi connectivity index (χ2v) is 15.8. The number of nitrogens with zero attached hydrogens (tertiary/aromatic N) is 1. The maximum atomic E-state index is 13.3. The van der Waals surface area contributed by atoms with Gasteiger partial charge in [-0.3, -0.25) is 9.59 Å². The maximum absolute atomic E-state index is 13.3. The number of aliphatic hydroxyl groups excluding tert-OH is 3. The molecule has 298 valence electrons. The van der Waals surface area contributed by atoms with Crippen LogP contribution in [0.4, 0.5) is 0 Å². The number of carbonyl (C=O) groups excluding carboxylic acids is 3. The molecule has 52 heavy (non-hydrogen) atoms. The number of ether oxygens (including phenoxy) is 5. The average Bonchev–Trinajstić information content (AvgIpc) is 3.07. The van der Waals surface area contributed by atoms with E-state index in [1.165, 1.54) is 6.08 Å². The van der Waals surface area contributed by atoms with E-state index in [1.54, 1.807) is 65.8 Å². The average molecular weight is 740 g/mol. The minimum Gasteiger partial charge on any atom is -0.462 e. The Labute approximate surface area is 309 Å². The zero-order valence-electron chi connectivity index (χ0n) is 32.7. The number of carbonyl (C=O) groups is 3. The summed E-state index contributed by atoms with van der Waals surface area (Å²) in [5.74, 6) is -3.39. The first kappa shape index (κ1) is 44.3. The Hall–Kier alpha value is -2.07. The normalized spacial score (nSPS) is 44.8. The predicted octanol–water partition coefficient (Wildman–Crippen LogP) is 2.95. The fraction of sp³-hybridized carbons (Fsp3) is 0.821. The molecule has 13 heteroatoms. The molecule has 0 bridgehead atoms. The van der Waals surface area contributed by atoms with Crippen LogP contribution in [0.1, 0.15) is 87.5 Å². The SMILES string of the molecule is CC[C@H]1OC(=O)C[C@@H](O)[C@H](C)[C@@H](O[C@@H]2O[C@H](C)C(O[C@H]3CC(C)(O)C(C)[C@@H](C)O3)C(N(C)C)C2O)[C@@H](CC=O)C[C@@H](C)C(=O)/C=C/C(C)=C/[C@@H]1CO. The fourth-order valence-electron chi connectivity index (χ4n) is 7.79. The molecule has 0 aliphatic carbocycles. The molecule has 3 rings (SSSR count). The second-order valence-electron chi connectivity index (χ2n) is 15.8. The van der Waals surface area contributed by atoms with E-state index in [2.05, 4.69) is 0 Å². The fourth-order valence-corrected chi connectivity index (χ4v) is 7.79. The Kier molecular flexibility index (Phi) is 16.6. The summed E-state index contributed by atoms with van der Waals surface area (Å²) >= 11 is 0.